The maximum absolute atomic E-state index is 12.0. The lowest BCUT2D eigenvalue weighted by Gasteiger charge is -2.10. The molecule has 0 aliphatic carbocycles. The summed E-state index contributed by atoms with van der Waals surface area (Å²) in [6, 6.07) is 5.67. The quantitative estimate of drug-likeness (QED) is 0.721. The lowest BCUT2D eigenvalue weighted by molar-refractivity contribution is 0.0923. The predicted octanol–water partition coefficient (Wildman–Crippen LogP) is 4.83. The Morgan fingerprint density at radius 3 is 2.60 bits per heavy atom. The van der Waals surface area contributed by atoms with Crippen molar-refractivity contribution in [2.45, 2.75) is 26.7 Å². The minimum absolute atomic E-state index is 0.104. The van der Waals surface area contributed by atoms with Crippen LogP contribution >= 0.6 is 31.9 Å². The Hall–Kier alpha value is -0.150. The van der Waals surface area contributed by atoms with Crippen molar-refractivity contribution >= 4 is 37.6 Å². The van der Waals surface area contributed by atoms with Crippen molar-refractivity contribution in [2.75, 3.05) is 0 Å². The molecule has 0 aromatic heterocycles. The van der Waals surface area contributed by atoms with Crippen LogP contribution in [0.4, 0.5) is 0 Å². The maximum Gasteiger partial charge on any atom is 0.166 e. The number of carbonyl (C=O) groups excluding carboxylic acids is 1. The Kier molecular flexibility index (Phi) is 5.00. The van der Waals surface area contributed by atoms with E-state index in [0.29, 0.717) is 0 Å². The van der Waals surface area contributed by atoms with Gasteiger partial charge in [-0.1, -0.05) is 52.1 Å². The lowest BCUT2D eigenvalue weighted by atomic mass is 9.95. The van der Waals surface area contributed by atoms with E-state index in [1.54, 1.807) is 0 Å². The molecule has 0 saturated carbocycles. The first kappa shape index (κ1) is 12.9. The summed E-state index contributed by atoms with van der Waals surface area (Å²) < 4.78 is 1.85. The van der Waals surface area contributed by atoms with Crippen LogP contribution in [0.2, 0.25) is 0 Å². The second-order valence-electron chi connectivity index (χ2n) is 3.68. The van der Waals surface area contributed by atoms with Crippen LogP contribution in [0.25, 0.3) is 0 Å². The number of hydrogen-bond acceptors (Lipinski definition) is 1. The summed E-state index contributed by atoms with van der Waals surface area (Å²) in [6.45, 7) is 4.08. The smallest absolute Gasteiger partial charge is 0.166 e. The average Bonchev–Trinajstić information content (AvgIpc) is 2.17. The van der Waals surface area contributed by atoms with Crippen LogP contribution in [0, 0.1) is 5.92 Å². The van der Waals surface area contributed by atoms with E-state index in [4.69, 9.17) is 0 Å². The molecule has 0 aliphatic rings. The van der Waals surface area contributed by atoms with E-state index in [1.165, 1.54) is 0 Å². The third-order valence-corrected chi connectivity index (χ3v) is 3.52. The topological polar surface area (TPSA) is 17.1 Å². The number of ketones is 1. The fraction of sp³-hybridized carbons (Fsp3) is 0.417. The first-order valence-corrected chi connectivity index (χ1v) is 6.64. The van der Waals surface area contributed by atoms with Crippen LogP contribution in [-0.2, 0) is 0 Å². The molecule has 0 fully saturated rings. The molecular formula is C12H14Br2O. The van der Waals surface area contributed by atoms with E-state index >= 15 is 0 Å². The van der Waals surface area contributed by atoms with Gasteiger partial charge in [-0.3, -0.25) is 4.79 Å². The minimum Gasteiger partial charge on any atom is -0.294 e. The van der Waals surface area contributed by atoms with Gasteiger partial charge in [0, 0.05) is 20.4 Å². The Balaban J connectivity index is 2.91. The highest BCUT2D eigenvalue weighted by Gasteiger charge is 2.16. The van der Waals surface area contributed by atoms with Crippen molar-refractivity contribution in [3.05, 3.63) is 32.7 Å². The zero-order valence-electron chi connectivity index (χ0n) is 8.89. The van der Waals surface area contributed by atoms with Crippen LogP contribution in [0.5, 0.6) is 0 Å². The number of Topliss-reactive ketones (excluding diaryl/α,β-unsaturated/α-hetero) is 1. The van der Waals surface area contributed by atoms with Gasteiger partial charge < -0.3 is 0 Å². The second kappa shape index (κ2) is 5.80. The Bertz CT molecular complexity index is 361. The molecule has 1 aromatic carbocycles. The zero-order chi connectivity index (χ0) is 11.4. The molecule has 1 unspecified atom stereocenters. The summed E-state index contributed by atoms with van der Waals surface area (Å²) in [5.41, 5.74) is 0.777. The molecule has 1 aromatic rings. The van der Waals surface area contributed by atoms with Crippen LogP contribution in [0.1, 0.15) is 37.0 Å². The van der Waals surface area contributed by atoms with Crippen molar-refractivity contribution < 1.29 is 4.79 Å². The molecule has 82 valence electrons. The third-order valence-electron chi connectivity index (χ3n) is 2.37. The van der Waals surface area contributed by atoms with Crippen molar-refractivity contribution in [1.29, 1.82) is 0 Å². The summed E-state index contributed by atoms with van der Waals surface area (Å²) in [7, 11) is 0. The van der Waals surface area contributed by atoms with Crippen molar-refractivity contribution in [3.8, 4) is 0 Å². The van der Waals surface area contributed by atoms with Gasteiger partial charge >= 0.3 is 0 Å². The van der Waals surface area contributed by atoms with E-state index in [1.807, 2.05) is 25.1 Å². The Morgan fingerprint density at radius 2 is 2.07 bits per heavy atom. The fourth-order valence-corrected chi connectivity index (χ4v) is 2.76. The van der Waals surface area contributed by atoms with Crippen LogP contribution < -0.4 is 0 Å². The van der Waals surface area contributed by atoms with Gasteiger partial charge in [-0.2, -0.15) is 0 Å². The third kappa shape index (κ3) is 3.42. The summed E-state index contributed by atoms with van der Waals surface area (Å²) in [6.07, 6.45) is 1.99. The number of halogens is 2. The van der Waals surface area contributed by atoms with E-state index in [2.05, 4.69) is 38.8 Å². The summed E-state index contributed by atoms with van der Waals surface area (Å²) in [5.74, 6) is 0.323. The van der Waals surface area contributed by atoms with Gasteiger partial charge in [-0.15, -0.1) is 0 Å². The first-order chi connectivity index (χ1) is 7.06. The molecule has 0 saturated heterocycles. The van der Waals surface area contributed by atoms with Crippen LogP contribution in [-0.4, -0.2) is 5.78 Å². The Labute approximate surface area is 108 Å². The van der Waals surface area contributed by atoms with Crippen LogP contribution in [0.3, 0.4) is 0 Å². The molecule has 0 heterocycles. The number of rotatable bonds is 4. The molecule has 0 spiro atoms. The Morgan fingerprint density at radius 1 is 1.40 bits per heavy atom. The normalized spacial score (nSPS) is 12.5. The SMILES string of the molecule is CCCC(C)C(=O)c1ccc(Br)cc1Br. The summed E-state index contributed by atoms with van der Waals surface area (Å²) >= 11 is 6.79. The average molecular weight is 334 g/mol. The zero-order valence-corrected chi connectivity index (χ0v) is 12.1. The van der Waals surface area contributed by atoms with E-state index in [9.17, 15) is 4.79 Å². The summed E-state index contributed by atoms with van der Waals surface area (Å²) in [4.78, 5) is 12.0. The molecule has 1 rings (SSSR count). The highest BCUT2D eigenvalue weighted by atomic mass is 79.9. The highest BCUT2D eigenvalue weighted by molar-refractivity contribution is 9.11. The molecule has 0 amide bonds. The number of carbonyl (C=O) groups is 1. The molecule has 0 radical (unpaired) electrons. The summed E-state index contributed by atoms with van der Waals surface area (Å²) in [5, 5.41) is 0. The van der Waals surface area contributed by atoms with Crippen molar-refractivity contribution in [1.82, 2.24) is 0 Å². The van der Waals surface area contributed by atoms with Gasteiger partial charge in [0.2, 0.25) is 0 Å². The van der Waals surface area contributed by atoms with Crippen molar-refractivity contribution in [2.24, 2.45) is 5.92 Å². The predicted molar refractivity (Wildman–Crippen MR) is 70.2 cm³/mol. The molecule has 3 heteroatoms. The fourth-order valence-electron chi connectivity index (χ4n) is 1.52. The van der Waals surface area contributed by atoms with Gasteiger partial charge in [-0.05, 0) is 24.6 Å². The van der Waals surface area contributed by atoms with Crippen LogP contribution in [0.15, 0.2) is 27.1 Å². The molecule has 0 bridgehead atoms. The standard InChI is InChI=1S/C12H14Br2O/c1-3-4-8(2)12(15)10-6-5-9(13)7-11(10)14/h5-8H,3-4H2,1-2H3. The largest absolute Gasteiger partial charge is 0.294 e. The van der Waals surface area contributed by atoms with Gasteiger partial charge in [0.1, 0.15) is 0 Å². The van der Waals surface area contributed by atoms with Gasteiger partial charge in [0.15, 0.2) is 5.78 Å². The molecule has 1 nitrogen and oxygen atoms in total. The molecule has 0 N–H and O–H groups in total. The first-order valence-electron chi connectivity index (χ1n) is 5.05. The van der Waals surface area contributed by atoms with Gasteiger partial charge in [0.25, 0.3) is 0 Å². The van der Waals surface area contributed by atoms with E-state index in [-0.39, 0.29) is 11.7 Å². The van der Waals surface area contributed by atoms with E-state index in [0.717, 1.165) is 27.4 Å². The van der Waals surface area contributed by atoms with Gasteiger partial charge in [-0.25, -0.2) is 0 Å². The number of benzene rings is 1. The minimum atomic E-state index is 0.104. The number of hydrogen-bond donors (Lipinski definition) is 0. The molecule has 15 heavy (non-hydrogen) atoms. The highest BCUT2D eigenvalue weighted by Crippen LogP contribution is 2.25. The van der Waals surface area contributed by atoms with Crippen molar-refractivity contribution in [3.63, 3.8) is 0 Å². The molecular weight excluding hydrogens is 320 g/mol. The molecule has 0 aliphatic heterocycles. The monoisotopic (exact) mass is 332 g/mol. The van der Waals surface area contributed by atoms with E-state index < -0.39 is 0 Å². The lowest BCUT2D eigenvalue weighted by Crippen LogP contribution is -2.11. The second-order valence-corrected chi connectivity index (χ2v) is 5.45. The maximum atomic E-state index is 12.0. The molecule has 1 atom stereocenters. The van der Waals surface area contributed by atoms with Gasteiger partial charge in [0.05, 0.1) is 0 Å².